The maximum Gasteiger partial charge on any atom is 0.246 e. The molecule has 0 spiro atoms. The van der Waals surface area contributed by atoms with Crippen LogP contribution in [0.4, 0.5) is 10.2 Å². The van der Waals surface area contributed by atoms with E-state index in [-0.39, 0.29) is 17.9 Å². The second-order valence-electron chi connectivity index (χ2n) is 6.83. The minimum Gasteiger partial charge on any atom is -0.356 e. The van der Waals surface area contributed by atoms with Crippen LogP contribution < -0.4 is 4.90 Å². The van der Waals surface area contributed by atoms with Crippen molar-refractivity contribution in [3.63, 3.8) is 0 Å². The lowest BCUT2D eigenvalue weighted by Gasteiger charge is -2.34. The fourth-order valence-electron chi connectivity index (χ4n) is 3.66. The van der Waals surface area contributed by atoms with Crippen molar-refractivity contribution >= 4 is 29.7 Å². The lowest BCUT2D eigenvalue weighted by molar-refractivity contribution is -0.138. The van der Waals surface area contributed by atoms with Crippen molar-refractivity contribution in [3.8, 4) is 0 Å². The van der Waals surface area contributed by atoms with Crippen LogP contribution in [0.15, 0.2) is 41.0 Å². The molecule has 2 aromatic heterocycles. The van der Waals surface area contributed by atoms with Crippen LogP contribution in [0.1, 0.15) is 30.9 Å². The van der Waals surface area contributed by atoms with Crippen molar-refractivity contribution in [2.45, 2.75) is 30.5 Å². The van der Waals surface area contributed by atoms with Crippen molar-refractivity contribution in [3.05, 3.63) is 42.1 Å². The highest BCUT2D eigenvalue weighted by atomic mass is 32.2. The van der Waals surface area contributed by atoms with E-state index in [1.54, 1.807) is 18.6 Å². The van der Waals surface area contributed by atoms with Crippen molar-refractivity contribution in [2.24, 2.45) is 11.0 Å². The molecule has 4 rings (SSSR count). The number of hydrogen-bond donors (Lipinski definition) is 0. The Hall–Kier alpha value is -2.55. The molecule has 146 valence electrons. The van der Waals surface area contributed by atoms with Gasteiger partial charge in [-0.3, -0.25) is 9.78 Å². The summed E-state index contributed by atoms with van der Waals surface area (Å²) in [6.07, 6.45) is 10.2. The number of thioether (sulfide) groups is 1. The second kappa shape index (κ2) is 8.22. The molecule has 0 bridgehead atoms. The van der Waals surface area contributed by atoms with Crippen LogP contribution in [0.25, 0.3) is 0 Å². The Bertz CT molecular complexity index is 886. The number of aromatic nitrogens is 3. The molecule has 1 saturated heterocycles. The zero-order valence-electron chi connectivity index (χ0n) is 15.5. The van der Waals surface area contributed by atoms with Gasteiger partial charge in [-0.05, 0) is 36.8 Å². The van der Waals surface area contributed by atoms with Gasteiger partial charge in [0, 0.05) is 44.0 Å². The van der Waals surface area contributed by atoms with Gasteiger partial charge in [0.05, 0.1) is 12.2 Å². The van der Waals surface area contributed by atoms with Crippen LogP contribution in [0.5, 0.6) is 0 Å². The van der Waals surface area contributed by atoms with E-state index >= 15 is 0 Å². The van der Waals surface area contributed by atoms with Crippen LogP contribution in [-0.4, -0.2) is 51.4 Å². The molecule has 2 aliphatic heterocycles. The number of carbonyl (C=O) groups is 1. The molecule has 2 aliphatic rings. The van der Waals surface area contributed by atoms with E-state index in [2.05, 4.69) is 25.0 Å². The Labute approximate surface area is 167 Å². The van der Waals surface area contributed by atoms with E-state index < -0.39 is 5.82 Å². The molecule has 0 aliphatic carbocycles. The van der Waals surface area contributed by atoms with Gasteiger partial charge in [-0.15, -0.1) is 0 Å². The standard InChI is InChI=1S/C19H21FN6OS/c1-28-19-22-6-3-17(24-19)25-8-4-13(5-9-25)18(27)26-16(2-7-23-26)14-10-15(20)12-21-11-14/h3,6-7,10-13,16H,2,4-5,8-9H2,1H3/t16-/m0/s1. The molecule has 4 heterocycles. The summed E-state index contributed by atoms with van der Waals surface area (Å²) in [6, 6.07) is 3.05. The summed E-state index contributed by atoms with van der Waals surface area (Å²) in [5.74, 6) is 0.389. The summed E-state index contributed by atoms with van der Waals surface area (Å²) in [4.78, 5) is 27.9. The number of anilines is 1. The molecule has 2 aromatic rings. The third-order valence-electron chi connectivity index (χ3n) is 5.14. The third kappa shape index (κ3) is 3.84. The molecule has 9 heteroatoms. The second-order valence-corrected chi connectivity index (χ2v) is 7.61. The average molecular weight is 400 g/mol. The Balaban J connectivity index is 1.41. The lowest BCUT2D eigenvalue weighted by atomic mass is 9.94. The fourth-order valence-corrected chi connectivity index (χ4v) is 4.01. The number of hydrogen-bond acceptors (Lipinski definition) is 7. The highest BCUT2D eigenvalue weighted by molar-refractivity contribution is 7.98. The monoisotopic (exact) mass is 400 g/mol. The van der Waals surface area contributed by atoms with E-state index in [0.717, 1.165) is 43.1 Å². The topological polar surface area (TPSA) is 74.6 Å². The first-order chi connectivity index (χ1) is 13.7. The van der Waals surface area contributed by atoms with Gasteiger partial charge in [-0.1, -0.05) is 11.8 Å². The molecular weight excluding hydrogens is 379 g/mol. The minimum absolute atomic E-state index is 0.00449. The predicted octanol–water partition coefficient (Wildman–Crippen LogP) is 2.91. The lowest BCUT2D eigenvalue weighted by Crippen LogP contribution is -2.41. The van der Waals surface area contributed by atoms with E-state index in [0.29, 0.717) is 12.0 Å². The smallest absolute Gasteiger partial charge is 0.246 e. The number of nitrogens with zero attached hydrogens (tertiary/aromatic N) is 6. The highest BCUT2D eigenvalue weighted by Gasteiger charge is 2.35. The fraction of sp³-hybridized carbons (Fsp3) is 0.421. The molecule has 1 amide bonds. The predicted molar refractivity (Wildman–Crippen MR) is 106 cm³/mol. The molecule has 1 atom stereocenters. The van der Waals surface area contributed by atoms with Crippen molar-refractivity contribution in [1.82, 2.24) is 20.0 Å². The van der Waals surface area contributed by atoms with Gasteiger partial charge in [0.2, 0.25) is 5.91 Å². The van der Waals surface area contributed by atoms with Crippen molar-refractivity contribution < 1.29 is 9.18 Å². The summed E-state index contributed by atoms with van der Waals surface area (Å²) < 4.78 is 13.5. The molecule has 1 fully saturated rings. The first-order valence-electron chi connectivity index (χ1n) is 9.23. The Kier molecular flexibility index (Phi) is 5.52. The number of pyridine rings is 1. The number of halogens is 1. The number of carbonyl (C=O) groups excluding carboxylic acids is 1. The van der Waals surface area contributed by atoms with Crippen LogP contribution in [0, 0.1) is 11.7 Å². The zero-order chi connectivity index (χ0) is 19.5. The van der Waals surface area contributed by atoms with Crippen LogP contribution >= 0.6 is 11.8 Å². The summed E-state index contributed by atoms with van der Waals surface area (Å²) in [6.45, 7) is 1.51. The molecular formula is C19H21FN6OS. The van der Waals surface area contributed by atoms with Crippen LogP contribution in [0.3, 0.4) is 0 Å². The first-order valence-corrected chi connectivity index (χ1v) is 10.5. The summed E-state index contributed by atoms with van der Waals surface area (Å²) in [7, 11) is 0. The van der Waals surface area contributed by atoms with E-state index in [4.69, 9.17) is 0 Å². The van der Waals surface area contributed by atoms with Gasteiger partial charge < -0.3 is 4.90 Å². The summed E-state index contributed by atoms with van der Waals surface area (Å²) >= 11 is 1.51. The summed E-state index contributed by atoms with van der Waals surface area (Å²) in [5, 5.41) is 6.52. The van der Waals surface area contributed by atoms with Gasteiger partial charge in [0.15, 0.2) is 5.16 Å². The molecule has 28 heavy (non-hydrogen) atoms. The largest absolute Gasteiger partial charge is 0.356 e. The average Bonchev–Trinajstić information content (AvgIpc) is 3.23. The molecule has 0 radical (unpaired) electrons. The molecule has 0 N–H and O–H groups in total. The van der Waals surface area contributed by atoms with E-state index in [1.807, 2.05) is 12.3 Å². The van der Waals surface area contributed by atoms with Crippen LogP contribution in [0.2, 0.25) is 0 Å². The van der Waals surface area contributed by atoms with Crippen molar-refractivity contribution in [2.75, 3.05) is 24.2 Å². The Morgan fingerprint density at radius 3 is 2.86 bits per heavy atom. The maximum absolute atomic E-state index is 13.5. The first kappa shape index (κ1) is 18.8. The molecule has 7 nitrogen and oxygen atoms in total. The number of amides is 1. The third-order valence-corrected chi connectivity index (χ3v) is 5.70. The Morgan fingerprint density at radius 2 is 2.11 bits per heavy atom. The van der Waals surface area contributed by atoms with Gasteiger partial charge in [-0.25, -0.2) is 19.4 Å². The zero-order valence-corrected chi connectivity index (χ0v) is 16.3. The minimum atomic E-state index is -0.403. The SMILES string of the molecule is CSc1nccc(N2CCC(C(=O)N3N=CC[C@H]3c3cncc(F)c3)CC2)n1. The normalized spacial score (nSPS) is 20.0. The number of rotatable bonds is 4. The molecule has 0 unspecified atom stereocenters. The van der Waals surface area contributed by atoms with Gasteiger partial charge in [-0.2, -0.15) is 5.10 Å². The summed E-state index contributed by atoms with van der Waals surface area (Å²) in [5.41, 5.74) is 0.675. The van der Waals surface area contributed by atoms with E-state index in [9.17, 15) is 9.18 Å². The molecule has 0 aromatic carbocycles. The quantitative estimate of drug-likeness (QED) is 0.580. The van der Waals surface area contributed by atoms with Gasteiger partial charge >= 0.3 is 0 Å². The van der Waals surface area contributed by atoms with Gasteiger partial charge in [0.25, 0.3) is 0 Å². The van der Waals surface area contributed by atoms with Crippen LogP contribution in [-0.2, 0) is 4.79 Å². The van der Waals surface area contributed by atoms with E-state index in [1.165, 1.54) is 22.8 Å². The molecule has 0 saturated carbocycles. The highest BCUT2D eigenvalue weighted by Crippen LogP contribution is 2.32. The van der Waals surface area contributed by atoms with Crippen molar-refractivity contribution in [1.29, 1.82) is 0 Å². The number of hydrazone groups is 1. The van der Waals surface area contributed by atoms with Gasteiger partial charge in [0.1, 0.15) is 11.6 Å². The number of piperidine rings is 1. The Morgan fingerprint density at radius 1 is 1.29 bits per heavy atom. The maximum atomic E-state index is 13.5.